The number of nitrogens with zero attached hydrogens (tertiary/aromatic N) is 1. The van der Waals surface area contributed by atoms with E-state index in [-0.39, 0.29) is 6.04 Å². The van der Waals surface area contributed by atoms with Crippen molar-refractivity contribution in [2.24, 2.45) is 5.73 Å². The van der Waals surface area contributed by atoms with E-state index in [1.54, 1.807) is 0 Å². The molecule has 1 aromatic heterocycles. The molecule has 0 saturated carbocycles. The van der Waals surface area contributed by atoms with Crippen LogP contribution in [0.5, 0.6) is 0 Å². The van der Waals surface area contributed by atoms with Gasteiger partial charge in [0.1, 0.15) is 0 Å². The van der Waals surface area contributed by atoms with E-state index < -0.39 is 0 Å². The Hall–Kier alpha value is -1.35. The first kappa shape index (κ1) is 9.21. The predicted molar refractivity (Wildman–Crippen MR) is 58.2 cm³/mol. The molecule has 0 amide bonds. The van der Waals surface area contributed by atoms with Gasteiger partial charge in [0.2, 0.25) is 0 Å². The second-order valence-electron chi connectivity index (χ2n) is 3.93. The molecule has 0 aliphatic carbocycles. The van der Waals surface area contributed by atoms with Crippen LogP contribution >= 0.6 is 0 Å². The van der Waals surface area contributed by atoms with E-state index in [1.165, 1.54) is 16.5 Å². The lowest BCUT2D eigenvalue weighted by Crippen LogP contribution is -2.17. The van der Waals surface area contributed by atoms with Crippen LogP contribution in [-0.4, -0.2) is 16.2 Å². The lowest BCUT2D eigenvalue weighted by molar-refractivity contribution is 0.738. The highest BCUT2D eigenvalue weighted by atomic mass is 15.1. The molecule has 2 rings (SSSR count). The molecular weight excluding hydrogens is 174 g/mol. The minimum absolute atomic E-state index is 0.207. The third-order valence-corrected chi connectivity index (χ3v) is 2.36. The molecule has 1 unspecified atom stereocenters. The minimum atomic E-state index is 0.207. The van der Waals surface area contributed by atoms with Gasteiger partial charge >= 0.3 is 0 Å². The van der Waals surface area contributed by atoms with Crippen LogP contribution in [0.25, 0.3) is 10.9 Å². The lowest BCUT2D eigenvalue weighted by atomic mass is 10.0. The summed E-state index contributed by atoms with van der Waals surface area (Å²) < 4.78 is 0. The van der Waals surface area contributed by atoms with E-state index in [4.69, 9.17) is 5.73 Å². The van der Waals surface area contributed by atoms with Gasteiger partial charge in [-0.3, -0.25) is 5.10 Å². The first-order valence-electron chi connectivity index (χ1n) is 4.85. The summed E-state index contributed by atoms with van der Waals surface area (Å²) in [5.74, 6) is 0. The van der Waals surface area contributed by atoms with E-state index in [2.05, 4.69) is 29.3 Å². The Balaban J connectivity index is 2.47. The summed E-state index contributed by atoms with van der Waals surface area (Å²) in [6.45, 7) is 4.11. The van der Waals surface area contributed by atoms with Gasteiger partial charge in [0, 0.05) is 11.4 Å². The number of aromatic amines is 1. The maximum atomic E-state index is 5.77. The molecule has 0 spiro atoms. The number of aromatic nitrogens is 2. The van der Waals surface area contributed by atoms with Gasteiger partial charge in [-0.1, -0.05) is 6.07 Å². The maximum absolute atomic E-state index is 5.77. The highest BCUT2D eigenvalue weighted by molar-refractivity contribution is 5.81. The summed E-state index contributed by atoms with van der Waals surface area (Å²) in [5.41, 5.74) is 9.41. The van der Waals surface area contributed by atoms with Gasteiger partial charge < -0.3 is 5.73 Å². The Morgan fingerprint density at radius 2 is 2.29 bits per heavy atom. The monoisotopic (exact) mass is 189 g/mol. The van der Waals surface area contributed by atoms with Crippen molar-refractivity contribution in [1.29, 1.82) is 0 Å². The third kappa shape index (κ3) is 1.63. The Kier molecular flexibility index (Phi) is 2.25. The molecule has 3 heteroatoms. The molecule has 3 nitrogen and oxygen atoms in total. The summed E-state index contributed by atoms with van der Waals surface area (Å²) >= 11 is 0. The van der Waals surface area contributed by atoms with Gasteiger partial charge in [-0.15, -0.1) is 0 Å². The lowest BCUT2D eigenvalue weighted by Gasteiger charge is -2.06. The quantitative estimate of drug-likeness (QED) is 0.756. The van der Waals surface area contributed by atoms with Gasteiger partial charge in [0.15, 0.2) is 0 Å². The van der Waals surface area contributed by atoms with Crippen LogP contribution in [-0.2, 0) is 6.42 Å². The van der Waals surface area contributed by atoms with Crippen molar-refractivity contribution in [2.45, 2.75) is 26.3 Å². The van der Waals surface area contributed by atoms with E-state index in [0.717, 1.165) is 11.9 Å². The second-order valence-corrected chi connectivity index (χ2v) is 3.93. The molecule has 14 heavy (non-hydrogen) atoms. The fraction of sp³-hybridized carbons (Fsp3) is 0.364. The molecule has 1 aromatic carbocycles. The number of rotatable bonds is 2. The smallest absolute Gasteiger partial charge is 0.0679 e. The van der Waals surface area contributed by atoms with E-state index >= 15 is 0 Å². The number of hydrogen-bond donors (Lipinski definition) is 2. The number of hydrogen-bond acceptors (Lipinski definition) is 2. The highest BCUT2D eigenvalue weighted by Crippen LogP contribution is 2.18. The van der Waals surface area contributed by atoms with Crippen LogP contribution in [0.1, 0.15) is 18.1 Å². The van der Waals surface area contributed by atoms with E-state index in [0.29, 0.717) is 0 Å². The zero-order chi connectivity index (χ0) is 10.1. The van der Waals surface area contributed by atoms with Crippen LogP contribution in [0.2, 0.25) is 0 Å². The fourth-order valence-electron chi connectivity index (χ4n) is 1.80. The molecule has 2 aromatic rings. The second kappa shape index (κ2) is 3.42. The van der Waals surface area contributed by atoms with Crippen molar-refractivity contribution in [3.05, 3.63) is 29.5 Å². The van der Waals surface area contributed by atoms with Crippen molar-refractivity contribution in [3.63, 3.8) is 0 Å². The highest BCUT2D eigenvalue weighted by Gasteiger charge is 2.04. The Morgan fingerprint density at radius 3 is 3.00 bits per heavy atom. The van der Waals surface area contributed by atoms with Crippen molar-refractivity contribution >= 4 is 10.9 Å². The first-order valence-corrected chi connectivity index (χ1v) is 4.85. The standard InChI is InChI=1S/C11H15N3/c1-7-3-9(4-8(2)12)5-10-6-13-14-11(7)10/h3,5-6,8H,4,12H2,1-2H3,(H,13,14). The fourth-order valence-corrected chi connectivity index (χ4v) is 1.80. The molecule has 0 aliphatic rings. The van der Waals surface area contributed by atoms with Crippen LogP contribution < -0.4 is 5.73 Å². The molecule has 74 valence electrons. The van der Waals surface area contributed by atoms with Crippen LogP contribution in [0, 0.1) is 6.92 Å². The third-order valence-electron chi connectivity index (χ3n) is 2.36. The van der Waals surface area contributed by atoms with Crippen molar-refractivity contribution in [1.82, 2.24) is 10.2 Å². The molecular formula is C11H15N3. The van der Waals surface area contributed by atoms with Crippen molar-refractivity contribution in [2.75, 3.05) is 0 Å². The Bertz CT molecular complexity index is 443. The summed E-state index contributed by atoms with van der Waals surface area (Å²) in [7, 11) is 0. The zero-order valence-corrected chi connectivity index (χ0v) is 8.54. The van der Waals surface area contributed by atoms with Gasteiger partial charge in [-0.2, -0.15) is 5.10 Å². The van der Waals surface area contributed by atoms with E-state index in [9.17, 15) is 0 Å². The molecule has 1 heterocycles. The van der Waals surface area contributed by atoms with Gasteiger partial charge in [-0.05, 0) is 37.5 Å². The summed E-state index contributed by atoms with van der Waals surface area (Å²) in [6.07, 6.45) is 2.77. The van der Waals surface area contributed by atoms with Gasteiger partial charge in [0.25, 0.3) is 0 Å². The topological polar surface area (TPSA) is 54.7 Å². The number of H-pyrrole nitrogens is 1. The van der Waals surface area contributed by atoms with Gasteiger partial charge in [-0.25, -0.2) is 0 Å². The van der Waals surface area contributed by atoms with Crippen LogP contribution in [0.4, 0.5) is 0 Å². The van der Waals surface area contributed by atoms with E-state index in [1.807, 2.05) is 13.1 Å². The average Bonchev–Trinajstić information content (AvgIpc) is 2.50. The Labute approximate surface area is 83.3 Å². The maximum Gasteiger partial charge on any atom is 0.0679 e. The minimum Gasteiger partial charge on any atom is -0.328 e. The number of nitrogens with two attached hydrogens (primary N) is 1. The summed E-state index contributed by atoms with van der Waals surface area (Å²) in [6, 6.07) is 4.53. The Morgan fingerprint density at radius 1 is 1.50 bits per heavy atom. The molecule has 0 fully saturated rings. The normalized spacial score (nSPS) is 13.4. The predicted octanol–water partition coefficient (Wildman–Crippen LogP) is 1.76. The number of nitrogens with one attached hydrogen (secondary N) is 1. The van der Waals surface area contributed by atoms with Crippen LogP contribution in [0.3, 0.4) is 0 Å². The molecule has 0 saturated heterocycles. The SMILES string of the molecule is Cc1cc(CC(C)N)cc2cn[nH]c12. The first-order chi connectivity index (χ1) is 6.66. The van der Waals surface area contributed by atoms with Gasteiger partial charge in [0.05, 0.1) is 11.7 Å². The largest absolute Gasteiger partial charge is 0.328 e. The molecule has 0 bridgehead atoms. The molecule has 1 atom stereocenters. The summed E-state index contributed by atoms with van der Waals surface area (Å²) in [5, 5.41) is 8.18. The average molecular weight is 189 g/mol. The van der Waals surface area contributed by atoms with Crippen molar-refractivity contribution < 1.29 is 0 Å². The molecule has 0 radical (unpaired) electrons. The molecule has 0 aliphatic heterocycles. The summed E-state index contributed by atoms with van der Waals surface area (Å²) in [4.78, 5) is 0. The number of benzene rings is 1. The van der Waals surface area contributed by atoms with Crippen LogP contribution in [0.15, 0.2) is 18.3 Å². The number of fused-ring (bicyclic) bond motifs is 1. The zero-order valence-electron chi connectivity index (χ0n) is 8.54. The molecule has 3 N–H and O–H groups in total. The van der Waals surface area contributed by atoms with Crippen molar-refractivity contribution in [3.8, 4) is 0 Å². The number of aryl methyl sites for hydroxylation is 1.